The Labute approximate surface area is 317 Å². The second kappa shape index (κ2) is 12.4. The van der Waals surface area contributed by atoms with Crippen LogP contribution >= 0.6 is 11.3 Å². The predicted octanol–water partition coefficient (Wildman–Crippen LogP) is 15.5. The molecule has 2 heteroatoms. The summed E-state index contributed by atoms with van der Waals surface area (Å²) in [6, 6.07) is 73.4. The van der Waals surface area contributed by atoms with E-state index in [4.69, 9.17) is 0 Å². The van der Waals surface area contributed by atoms with Crippen molar-refractivity contribution in [3.63, 3.8) is 0 Å². The molecule has 252 valence electrons. The third-order valence-electron chi connectivity index (χ3n) is 11.0. The molecule has 0 N–H and O–H groups in total. The standard InChI is InChI=1S/C52H33NS/c1-2-10-34(11-3-1)39-14-8-15-41(32-39)53(42-28-30-48-50(33-42)54-49-31-25-36-13-5-7-17-45(36)52(48)49)40-26-22-37(23-27-40)43-18-9-19-47-46(43)29-24-38-21-20-35-12-4-6-16-44(35)51(38)47/h1-33H. The van der Waals surface area contributed by atoms with E-state index in [0.29, 0.717) is 0 Å². The largest absolute Gasteiger partial charge is 0.310 e. The SMILES string of the molecule is c1ccc(-c2cccc(N(c3ccc(-c4cccc5c4ccc4ccc6ccccc6c45)cc3)c3ccc4c(c3)sc3ccc5ccccc5c34)c2)cc1. The van der Waals surface area contributed by atoms with Crippen molar-refractivity contribution in [1.82, 2.24) is 0 Å². The van der Waals surface area contributed by atoms with E-state index < -0.39 is 0 Å². The van der Waals surface area contributed by atoms with Crippen LogP contribution in [0.3, 0.4) is 0 Å². The molecule has 1 heterocycles. The summed E-state index contributed by atoms with van der Waals surface area (Å²) in [5, 5.41) is 12.9. The zero-order valence-electron chi connectivity index (χ0n) is 29.4. The zero-order valence-corrected chi connectivity index (χ0v) is 30.2. The van der Waals surface area contributed by atoms with Crippen LogP contribution in [0, 0.1) is 0 Å². The summed E-state index contributed by atoms with van der Waals surface area (Å²) in [7, 11) is 0. The number of hydrogen-bond acceptors (Lipinski definition) is 2. The van der Waals surface area contributed by atoms with Gasteiger partial charge in [-0.25, -0.2) is 0 Å². The fourth-order valence-electron chi connectivity index (χ4n) is 8.48. The van der Waals surface area contributed by atoms with E-state index in [2.05, 4.69) is 205 Å². The fraction of sp³-hybridized carbons (Fsp3) is 0. The zero-order chi connectivity index (χ0) is 35.6. The minimum Gasteiger partial charge on any atom is -0.310 e. The van der Waals surface area contributed by atoms with Crippen LogP contribution in [0.15, 0.2) is 200 Å². The summed E-state index contributed by atoms with van der Waals surface area (Å²) in [5.41, 5.74) is 8.22. The van der Waals surface area contributed by atoms with Gasteiger partial charge in [0.1, 0.15) is 0 Å². The molecule has 11 rings (SSSR count). The molecular formula is C52H33NS. The first-order chi connectivity index (χ1) is 26.8. The lowest BCUT2D eigenvalue weighted by Crippen LogP contribution is -2.10. The van der Waals surface area contributed by atoms with Crippen LogP contribution in [0.2, 0.25) is 0 Å². The van der Waals surface area contributed by atoms with Crippen LogP contribution in [0.5, 0.6) is 0 Å². The average molecular weight is 704 g/mol. The van der Waals surface area contributed by atoms with Crippen molar-refractivity contribution in [2.24, 2.45) is 0 Å². The van der Waals surface area contributed by atoms with Gasteiger partial charge < -0.3 is 4.90 Å². The van der Waals surface area contributed by atoms with Crippen molar-refractivity contribution in [1.29, 1.82) is 0 Å². The molecule has 0 fully saturated rings. The predicted molar refractivity (Wildman–Crippen MR) is 235 cm³/mol. The van der Waals surface area contributed by atoms with Gasteiger partial charge >= 0.3 is 0 Å². The second-order valence-electron chi connectivity index (χ2n) is 14.1. The van der Waals surface area contributed by atoms with E-state index in [1.54, 1.807) is 0 Å². The molecule has 0 saturated carbocycles. The summed E-state index contributed by atoms with van der Waals surface area (Å²) in [4.78, 5) is 2.40. The van der Waals surface area contributed by atoms with Crippen molar-refractivity contribution < 1.29 is 0 Å². The Kier molecular flexibility index (Phi) is 7.11. The van der Waals surface area contributed by atoms with Crippen LogP contribution in [0.1, 0.15) is 0 Å². The summed E-state index contributed by atoms with van der Waals surface area (Å²) in [6.45, 7) is 0. The fourth-order valence-corrected chi connectivity index (χ4v) is 9.64. The topological polar surface area (TPSA) is 3.24 Å². The average Bonchev–Trinajstić information content (AvgIpc) is 3.63. The Morgan fingerprint density at radius 3 is 1.74 bits per heavy atom. The lowest BCUT2D eigenvalue weighted by atomic mass is 9.92. The van der Waals surface area contributed by atoms with Crippen LogP contribution in [-0.2, 0) is 0 Å². The van der Waals surface area contributed by atoms with Crippen LogP contribution < -0.4 is 4.90 Å². The molecule has 0 aliphatic carbocycles. The molecule has 54 heavy (non-hydrogen) atoms. The number of thiophene rings is 1. The maximum Gasteiger partial charge on any atom is 0.0476 e. The first-order valence-corrected chi connectivity index (χ1v) is 19.3. The molecule has 0 unspecified atom stereocenters. The molecule has 0 amide bonds. The lowest BCUT2D eigenvalue weighted by Gasteiger charge is -2.26. The minimum atomic E-state index is 1.12. The third-order valence-corrected chi connectivity index (χ3v) is 12.1. The summed E-state index contributed by atoms with van der Waals surface area (Å²) in [5.74, 6) is 0. The van der Waals surface area contributed by atoms with E-state index in [9.17, 15) is 0 Å². The number of fused-ring (bicyclic) bond motifs is 10. The number of rotatable bonds is 5. The molecule has 1 nitrogen and oxygen atoms in total. The van der Waals surface area contributed by atoms with Gasteiger partial charge in [-0.05, 0) is 108 Å². The van der Waals surface area contributed by atoms with E-state index in [0.717, 1.165) is 17.1 Å². The van der Waals surface area contributed by atoms with E-state index >= 15 is 0 Å². The Hall–Kier alpha value is -6.74. The Balaban J connectivity index is 1.06. The molecular weight excluding hydrogens is 671 g/mol. The molecule has 0 aliphatic heterocycles. The van der Waals surface area contributed by atoms with Gasteiger partial charge in [-0.3, -0.25) is 0 Å². The second-order valence-corrected chi connectivity index (χ2v) is 15.2. The van der Waals surface area contributed by atoms with Crippen molar-refractivity contribution >= 4 is 91.7 Å². The van der Waals surface area contributed by atoms with Gasteiger partial charge in [-0.15, -0.1) is 11.3 Å². The molecule has 0 saturated heterocycles. The van der Waals surface area contributed by atoms with Crippen LogP contribution in [0.25, 0.3) is 85.5 Å². The monoisotopic (exact) mass is 703 g/mol. The van der Waals surface area contributed by atoms with E-state index in [1.165, 1.54) is 85.5 Å². The Bertz CT molecular complexity index is 3210. The third kappa shape index (κ3) is 4.99. The quantitative estimate of drug-likeness (QED) is 0.161. The van der Waals surface area contributed by atoms with Crippen molar-refractivity contribution in [3.8, 4) is 22.3 Å². The van der Waals surface area contributed by atoms with E-state index in [-0.39, 0.29) is 0 Å². The number of benzene rings is 10. The van der Waals surface area contributed by atoms with E-state index in [1.807, 2.05) is 11.3 Å². The normalized spacial score (nSPS) is 11.7. The number of anilines is 3. The molecule has 10 aromatic carbocycles. The molecule has 0 aliphatic rings. The van der Waals surface area contributed by atoms with Crippen molar-refractivity contribution in [2.75, 3.05) is 4.90 Å². The molecule has 0 radical (unpaired) electrons. The summed E-state index contributed by atoms with van der Waals surface area (Å²) >= 11 is 1.87. The maximum atomic E-state index is 2.40. The lowest BCUT2D eigenvalue weighted by molar-refractivity contribution is 1.29. The van der Waals surface area contributed by atoms with Gasteiger partial charge in [-0.2, -0.15) is 0 Å². The summed E-state index contributed by atoms with van der Waals surface area (Å²) in [6.07, 6.45) is 0. The highest BCUT2D eigenvalue weighted by Crippen LogP contribution is 2.44. The van der Waals surface area contributed by atoms with Crippen molar-refractivity contribution in [2.45, 2.75) is 0 Å². The smallest absolute Gasteiger partial charge is 0.0476 e. The first-order valence-electron chi connectivity index (χ1n) is 18.5. The van der Waals surface area contributed by atoms with Crippen molar-refractivity contribution in [3.05, 3.63) is 200 Å². The van der Waals surface area contributed by atoms with Gasteiger partial charge in [0.25, 0.3) is 0 Å². The first kappa shape index (κ1) is 30.8. The highest BCUT2D eigenvalue weighted by molar-refractivity contribution is 7.26. The Morgan fingerprint density at radius 2 is 0.907 bits per heavy atom. The van der Waals surface area contributed by atoms with Gasteiger partial charge in [0.05, 0.1) is 0 Å². The minimum absolute atomic E-state index is 1.12. The van der Waals surface area contributed by atoms with Crippen LogP contribution in [-0.4, -0.2) is 0 Å². The number of nitrogens with zero attached hydrogens (tertiary/aromatic N) is 1. The van der Waals surface area contributed by atoms with Crippen LogP contribution in [0.4, 0.5) is 17.1 Å². The Morgan fingerprint density at radius 1 is 0.296 bits per heavy atom. The molecule has 11 aromatic rings. The maximum absolute atomic E-state index is 2.40. The van der Waals surface area contributed by atoms with Gasteiger partial charge in [-0.1, -0.05) is 158 Å². The van der Waals surface area contributed by atoms with Gasteiger partial charge in [0.2, 0.25) is 0 Å². The van der Waals surface area contributed by atoms with Gasteiger partial charge in [0, 0.05) is 37.2 Å². The molecule has 1 aromatic heterocycles. The summed E-state index contributed by atoms with van der Waals surface area (Å²) < 4.78 is 2.61. The highest BCUT2D eigenvalue weighted by Gasteiger charge is 2.17. The highest BCUT2D eigenvalue weighted by atomic mass is 32.1. The molecule has 0 atom stereocenters. The van der Waals surface area contributed by atoms with Gasteiger partial charge in [0.15, 0.2) is 0 Å². The molecule has 0 spiro atoms. The number of hydrogen-bond donors (Lipinski definition) is 0. The molecule has 0 bridgehead atoms.